The average molecular weight is 566 g/mol. The van der Waals surface area contributed by atoms with E-state index in [1.807, 2.05) is 43.3 Å². The van der Waals surface area contributed by atoms with Crippen molar-refractivity contribution in [2.24, 2.45) is 11.8 Å². The van der Waals surface area contributed by atoms with Gasteiger partial charge >= 0.3 is 5.97 Å². The predicted molar refractivity (Wildman–Crippen MR) is 149 cm³/mol. The highest BCUT2D eigenvalue weighted by molar-refractivity contribution is 5.99. The van der Waals surface area contributed by atoms with Gasteiger partial charge in [0.15, 0.2) is 0 Å². The van der Waals surface area contributed by atoms with Gasteiger partial charge in [-0.25, -0.2) is 0 Å². The highest BCUT2D eigenvalue weighted by Gasteiger charge is 2.72. The molecule has 10 heteroatoms. The van der Waals surface area contributed by atoms with E-state index < -0.39 is 60.2 Å². The van der Waals surface area contributed by atoms with E-state index in [0.717, 1.165) is 12.8 Å². The van der Waals surface area contributed by atoms with Crippen molar-refractivity contribution in [2.75, 3.05) is 26.2 Å². The number of unbranched alkanes of at least 4 members (excludes halogenated alkanes) is 1. The Hall–Kier alpha value is -3.50. The lowest BCUT2D eigenvalue weighted by molar-refractivity contribution is -0.159. The zero-order valence-electron chi connectivity index (χ0n) is 23.6. The summed E-state index contributed by atoms with van der Waals surface area (Å²) in [6.45, 7) is 4.34. The lowest BCUT2D eigenvalue weighted by atomic mass is 9.78. The summed E-state index contributed by atoms with van der Waals surface area (Å²) in [6, 6.07) is 7.21. The number of hydrogen-bond donors (Lipinski definition) is 2. The number of carbonyl (C=O) groups is 4. The average Bonchev–Trinajstić information content (AvgIpc) is 3.35. The van der Waals surface area contributed by atoms with Crippen LogP contribution < -0.4 is 5.32 Å². The summed E-state index contributed by atoms with van der Waals surface area (Å²) in [6.07, 6.45) is 8.05. The van der Waals surface area contributed by atoms with Crippen LogP contribution in [0, 0.1) is 11.8 Å². The lowest BCUT2D eigenvalue weighted by Gasteiger charge is -2.38. The molecule has 4 aliphatic heterocycles. The molecule has 3 amide bonds. The van der Waals surface area contributed by atoms with Gasteiger partial charge in [-0.3, -0.25) is 19.2 Å². The standard InChI is InChI=1S/C31H39N3O7/c1-3-4-16-33-17-10-15-31-26(25-23(41-31)13-8-9-14-24(36)32-18-20(2)40-30(25)39)28(37)34(27(31)29(33)38)22(19-35)21-11-6-5-7-12-21/h5-8,10-13,15,20,22-23,25-27,35H,3-4,9,14,16-19H2,1-2H3,(H,32,36)/b13-8-/t20-,22+,23-,25+,26+,27-,31+/m0/s1. The summed E-state index contributed by atoms with van der Waals surface area (Å²) in [7, 11) is 0. The molecule has 0 radical (unpaired) electrons. The minimum atomic E-state index is -1.44. The third kappa shape index (κ3) is 5.30. The molecule has 2 N–H and O–H groups in total. The summed E-state index contributed by atoms with van der Waals surface area (Å²) < 4.78 is 12.4. The van der Waals surface area contributed by atoms with Crippen LogP contribution in [0.1, 0.15) is 51.1 Å². The zero-order valence-corrected chi connectivity index (χ0v) is 23.6. The van der Waals surface area contributed by atoms with E-state index in [0.29, 0.717) is 25.1 Å². The van der Waals surface area contributed by atoms with E-state index in [-0.39, 0.29) is 24.8 Å². The number of nitrogens with zero attached hydrogens (tertiary/aromatic N) is 2. The number of benzene rings is 1. The minimum Gasteiger partial charge on any atom is -0.460 e. The Morgan fingerprint density at radius 3 is 2.63 bits per heavy atom. The predicted octanol–water partition coefficient (Wildman–Crippen LogP) is 1.90. The smallest absolute Gasteiger partial charge is 0.313 e. The van der Waals surface area contributed by atoms with Crippen molar-refractivity contribution >= 4 is 23.7 Å². The molecular formula is C31H39N3O7. The first-order valence-electron chi connectivity index (χ1n) is 14.6. The highest BCUT2D eigenvalue weighted by Crippen LogP contribution is 2.54. The fourth-order valence-corrected chi connectivity index (χ4v) is 6.56. The number of likely N-dealkylation sites (tertiary alicyclic amines) is 1. The largest absolute Gasteiger partial charge is 0.460 e. The Morgan fingerprint density at radius 2 is 1.90 bits per heavy atom. The third-order valence-corrected chi connectivity index (χ3v) is 8.53. The molecule has 5 rings (SSSR count). The molecule has 2 saturated heterocycles. The molecule has 0 bridgehead atoms. The number of cyclic esters (lactones) is 1. The number of nitrogens with one attached hydrogen (secondary N) is 1. The van der Waals surface area contributed by atoms with Crippen LogP contribution in [0.15, 0.2) is 54.6 Å². The maximum atomic E-state index is 14.5. The van der Waals surface area contributed by atoms with Crippen LogP contribution in [0.4, 0.5) is 0 Å². The first-order valence-corrected chi connectivity index (χ1v) is 14.6. The molecule has 0 aliphatic carbocycles. The van der Waals surface area contributed by atoms with Gasteiger partial charge in [0, 0.05) is 19.5 Å². The SMILES string of the molecule is CCCCN1CC=C[C@@]23O[C@H]4/C=C\CCC(=O)NC[C@H](C)OC(=O)[C@H]4[C@@H]2C(=O)N([C@H](CO)c2ccccc2)[C@H]3C1=O. The second-order valence-corrected chi connectivity index (χ2v) is 11.3. The molecule has 41 heavy (non-hydrogen) atoms. The van der Waals surface area contributed by atoms with Gasteiger partial charge in [-0.05, 0) is 25.3 Å². The van der Waals surface area contributed by atoms with Gasteiger partial charge in [-0.1, -0.05) is 68.0 Å². The molecule has 4 aliphatic rings. The van der Waals surface area contributed by atoms with Crippen molar-refractivity contribution in [2.45, 2.75) is 69.4 Å². The number of esters is 1. The molecule has 0 unspecified atom stereocenters. The third-order valence-electron chi connectivity index (χ3n) is 8.53. The molecule has 1 spiro atoms. The molecule has 0 aromatic heterocycles. The Morgan fingerprint density at radius 1 is 1.12 bits per heavy atom. The second-order valence-electron chi connectivity index (χ2n) is 11.3. The minimum absolute atomic E-state index is 0.149. The maximum absolute atomic E-state index is 14.5. The van der Waals surface area contributed by atoms with Crippen molar-refractivity contribution in [3.8, 4) is 0 Å². The Bertz CT molecular complexity index is 1220. The van der Waals surface area contributed by atoms with Crippen LogP contribution >= 0.6 is 0 Å². The quantitative estimate of drug-likeness (QED) is 0.399. The van der Waals surface area contributed by atoms with Crippen molar-refractivity contribution < 1.29 is 33.8 Å². The fourth-order valence-electron chi connectivity index (χ4n) is 6.56. The van der Waals surface area contributed by atoms with Crippen LogP contribution in [0.3, 0.4) is 0 Å². The zero-order chi connectivity index (χ0) is 29.1. The van der Waals surface area contributed by atoms with Crippen molar-refractivity contribution in [1.82, 2.24) is 15.1 Å². The van der Waals surface area contributed by atoms with Gasteiger partial charge in [-0.2, -0.15) is 0 Å². The first kappa shape index (κ1) is 29.0. The normalized spacial score (nSPS) is 33.5. The topological polar surface area (TPSA) is 125 Å². The molecular weight excluding hydrogens is 526 g/mol. The Labute approximate surface area is 240 Å². The summed E-state index contributed by atoms with van der Waals surface area (Å²) in [5.74, 6) is -3.53. The number of ether oxygens (including phenoxy) is 2. The summed E-state index contributed by atoms with van der Waals surface area (Å²) >= 11 is 0. The molecule has 0 saturated carbocycles. The molecule has 220 valence electrons. The van der Waals surface area contributed by atoms with Gasteiger partial charge in [0.1, 0.15) is 23.7 Å². The number of aliphatic hydroxyl groups is 1. The van der Waals surface area contributed by atoms with Crippen LogP contribution in [-0.4, -0.2) is 88.7 Å². The van der Waals surface area contributed by atoms with E-state index >= 15 is 0 Å². The van der Waals surface area contributed by atoms with Gasteiger partial charge < -0.3 is 29.7 Å². The number of hydrogen-bond acceptors (Lipinski definition) is 7. The molecule has 1 aromatic carbocycles. The summed E-state index contributed by atoms with van der Waals surface area (Å²) in [4.78, 5) is 57.9. The van der Waals surface area contributed by atoms with Gasteiger partial charge in [-0.15, -0.1) is 0 Å². The van der Waals surface area contributed by atoms with Crippen molar-refractivity contribution in [3.63, 3.8) is 0 Å². The van der Waals surface area contributed by atoms with Gasteiger partial charge in [0.05, 0.1) is 31.2 Å². The Kier molecular flexibility index (Phi) is 8.60. The van der Waals surface area contributed by atoms with Gasteiger partial charge in [0.2, 0.25) is 17.7 Å². The van der Waals surface area contributed by atoms with E-state index in [4.69, 9.17) is 9.47 Å². The second kappa shape index (κ2) is 12.2. The van der Waals surface area contributed by atoms with Crippen LogP contribution in [0.25, 0.3) is 0 Å². The number of aliphatic hydroxyl groups excluding tert-OH is 1. The van der Waals surface area contributed by atoms with Gasteiger partial charge in [0.25, 0.3) is 0 Å². The molecule has 1 aromatic rings. The number of carbonyl (C=O) groups excluding carboxylic acids is 4. The number of amides is 3. The van der Waals surface area contributed by atoms with E-state index in [9.17, 15) is 24.3 Å². The highest BCUT2D eigenvalue weighted by atomic mass is 16.6. The molecule has 4 heterocycles. The van der Waals surface area contributed by atoms with Crippen LogP contribution in [0.2, 0.25) is 0 Å². The molecule has 7 atom stereocenters. The van der Waals surface area contributed by atoms with Crippen LogP contribution in [0.5, 0.6) is 0 Å². The van der Waals surface area contributed by atoms with Crippen molar-refractivity contribution in [1.29, 1.82) is 0 Å². The number of allylic oxidation sites excluding steroid dienone is 1. The first-order chi connectivity index (χ1) is 19.8. The number of fused-ring (bicyclic) bond motifs is 2. The summed E-state index contributed by atoms with van der Waals surface area (Å²) in [5.41, 5.74) is -0.755. The molecule has 2 fully saturated rings. The van der Waals surface area contributed by atoms with E-state index in [1.165, 1.54) is 4.90 Å². The van der Waals surface area contributed by atoms with Crippen LogP contribution in [-0.2, 0) is 28.7 Å². The lowest BCUT2D eigenvalue weighted by Crippen LogP contribution is -2.56. The summed E-state index contributed by atoms with van der Waals surface area (Å²) in [5, 5.41) is 13.4. The van der Waals surface area contributed by atoms with E-state index in [1.54, 1.807) is 30.1 Å². The fraction of sp³-hybridized carbons (Fsp3) is 0.548. The van der Waals surface area contributed by atoms with Crippen molar-refractivity contribution in [3.05, 3.63) is 60.2 Å². The molecule has 10 nitrogen and oxygen atoms in total. The maximum Gasteiger partial charge on any atom is 0.313 e. The van der Waals surface area contributed by atoms with E-state index in [2.05, 4.69) is 5.32 Å². The number of rotatable bonds is 6. The monoisotopic (exact) mass is 565 g/mol. The Balaban J connectivity index is 1.62.